The Morgan fingerprint density at radius 2 is 2.35 bits per heavy atom. The molecule has 1 aromatic carbocycles. The van der Waals surface area contributed by atoms with Gasteiger partial charge in [-0.15, -0.1) is 0 Å². The Kier molecular flexibility index (Phi) is 4.52. The lowest BCUT2D eigenvalue weighted by molar-refractivity contribution is -0.00305. The van der Waals surface area contributed by atoms with E-state index in [0.717, 1.165) is 0 Å². The van der Waals surface area contributed by atoms with Gasteiger partial charge in [-0.1, -0.05) is 6.07 Å². The molecule has 3 rings (SSSR count). The summed E-state index contributed by atoms with van der Waals surface area (Å²) in [5, 5.41) is 12.9. The van der Waals surface area contributed by atoms with Crippen LogP contribution in [0.1, 0.15) is 22.6 Å². The van der Waals surface area contributed by atoms with Gasteiger partial charge in [0.15, 0.2) is 5.69 Å². The Balaban J connectivity index is 1.69. The lowest BCUT2D eigenvalue weighted by Gasteiger charge is -2.32. The number of nitrogens with one attached hydrogen (secondary N) is 2. The van der Waals surface area contributed by atoms with Crippen LogP contribution in [0.4, 0.5) is 4.39 Å². The Labute approximate surface area is 132 Å². The summed E-state index contributed by atoms with van der Waals surface area (Å²) in [6, 6.07) is 5.57. The molecule has 23 heavy (non-hydrogen) atoms. The predicted octanol–water partition coefficient (Wildman–Crippen LogP) is 1.22. The van der Waals surface area contributed by atoms with Crippen LogP contribution < -0.4 is 10.1 Å². The molecule has 2 atom stereocenters. The van der Waals surface area contributed by atoms with Crippen molar-refractivity contribution in [2.45, 2.75) is 25.5 Å². The summed E-state index contributed by atoms with van der Waals surface area (Å²) in [6.45, 7) is 2.54. The number of nitrogens with zero attached hydrogens (tertiary/aromatic N) is 2. The molecule has 0 saturated carbocycles. The highest BCUT2D eigenvalue weighted by atomic mass is 19.1. The number of aromatic nitrogens is 3. The van der Waals surface area contributed by atoms with E-state index < -0.39 is 0 Å². The van der Waals surface area contributed by atoms with Gasteiger partial charge in [0.1, 0.15) is 17.7 Å². The molecule has 1 aliphatic rings. The summed E-state index contributed by atoms with van der Waals surface area (Å²) in [6.07, 6.45) is 0.293. The van der Waals surface area contributed by atoms with Crippen molar-refractivity contribution in [2.24, 2.45) is 0 Å². The first-order chi connectivity index (χ1) is 11.1. The van der Waals surface area contributed by atoms with Crippen LogP contribution in [-0.4, -0.2) is 46.7 Å². The molecule has 122 valence electrons. The second-order valence-electron chi connectivity index (χ2n) is 5.31. The van der Waals surface area contributed by atoms with Crippen molar-refractivity contribution in [2.75, 3.05) is 13.2 Å². The summed E-state index contributed by atoms with van der Waals surface area (Å²) in [5.41, 5.74) is 0.752. The molecule has 2 heterocycles. The lowest BCUT2D eigenvalue weighted by Crippen LogP contribution is -2.52. The van der Waals surface area contributed by atoms with Gasteiger partial charge in [0.05, 0.1) is 24.9 Å². The first-order valence-electron chi connectivity index (χ1n) is 7.31. The number of hydrogen-bond donors (Lipinski definition) is 2. The van der Waals surface area contributed by atoms with Crippen molar-refractivity contribution >= 4 is 5.91 Å². The van der Waals surface area contributed by atoms with Crippen molar-refractivity contribution < 1.29 is 18.7 Å². The first kappa shape index (κ1) is 15.4. The average molecular weight is 320 g/mol. The summed E-state index contributed by atoms with van der Waals surface area (Å²) in [7, 11) is 0. The lowest BCUT2D eigenvalue weighted by atomic mass is 10.1. The standard InChI is InChI=1S/C15H17FN4O3/c1-9-14(19-20-18-9)15(21)17-12-8-22-6-5-13(12)23-11-4-2-3-10(16)7-11/h2-4,7,12-13H,5-6,8H2,1H3,(H,17,21)(H,18,19,20). The number of benzene rings is 1. The Morgan fingerprint density at radius 1 is 1.48 bits per heavy atom. The Bertz CT molecular complexity index is 691. The van der Waals surface area contributed by atoms with Crippen LogP contribution in [-0.2, 0) is 4.74 Å². The van der Waals surface area contributed by atoms with Crippen molar-refractivity contribution in [3.8, 4) is 5.75 Å². The quantitative estimate of drug-likeness (QED) is 0.884. The number of halogens is 1. The van der Waals surface area contributed by atoms with Crippen LogP contribution in [0.5, 0.6) is 5.75 Å². The smallest absolute Gasteiger partial charge is 0.274 e. The topological polar surface area (TPSA) is 89.1 Å². The molecule has 1 aliphatic heterocycles. The number of rotatable bonds is 4. The van der Waals surface area contributed by atoms with E-state index in [2.05, 4.69) is 20.7 Å². The maximum atomic E-state index is 13.3. The number of carbonyl (C=O) groups is 1. The summed E-state index contributed by atoms with van der Waals surface area (Å²) in [4.78, 5) is 12.2. The normalized spacial score (nSPS) is 21.0. The minimum absolute atomic E-state index is 0.236. The second-order valence-corrected chi connectivity index (χ2v) is 5.31. The van der Waals surface area contributed by atoms with Crippen molar-refractivity contribution in [3.63, 3.8) is 0 Å². The van der Waals surface area contributed by atoms with Gasteiger partial charge < -0.3 is 14.8 Å². The maximum Gasteiger partial charge on any atom is 0.274 e. The third kappa shape index (κ3) is 3.65. The highest BCUT2D eigenvalue weighted by Crippen LogP contribution is 2.19. The van der Waals surface area contributed by atoms with E-state index in [1.54, 1.807) is 19.1 Å². The second kappa shape index (κ2) is 6.74. The number of ether oxygens (including phenoxy) is 2. The molecular weight excluding hydrogens is 303 g/mol. The Hall–Kier alpha value is -2.48. The monoisotopic (exact) mass is 320 g/mol. The molecule has 1 amide bonds. The van der Waals surface area contributed by atoms with Gasteiger partial charge in [0.2, 0.25) is 0 Å². The third-order valence-corrected chi connectivity index (χ3v) is 3.63. The summed E-state index contributed by atoms with van der Waals surface area (Å²) in [5.74, 6) is -0.290. The molecule has 0 radical (unpaired) electrons. The molecule has 8 heteroatoms. The van der Waals surface area contributed by atoms with Crippen LogP contribution in [0, 0.1) is 12.7 Å². The highest BCUT2D eigenvalue weighted by Gasteiger charge is 2.30. The van der Waals surface area contributed by atoms with Crippen LogP contribution in [0.3, 0.4) is 0 Å². The molecule has 0 spiro atoms. The molecule has 2 N–H and O–H groups in total. The van der Waals surface area contributed by atoms with Gasteiger partial charge in [0, 0.05) is 12.5 Å². The van der Waals surface area contributed by atoms with E-state index in [9.17, 15) is 9.18 Å². The van der Waals surface area contributed by atoms with E-state index in [0.29, 0.717) is 31.1 Å². The van der Waals surface area contributed by atoms with Crippen LogP contribution in [0.15, 0.2) is 24.3 Å². The highest BCUT2D eigenvalue weighted by molar-refractivity contribution is 5.93. The molecule has 2 unspecified atom stereocenters. The van der Waals surface area contributed by atoms with E-state index in [1.807, 2.05) is 0 Å². The van der Waals surface area contributed by atoms with Crippen molar-refractivity contribution in [1.29, 1.82) is 0 Å². The van der Waals surface area contributed by atoms with E-state index in [1.165, 1.54) is 12.1 Å². The largest absolute Gasteiger partial charge is 0.488 e. The van der Waals surface area contributed by atoms with Gasteiger partial charge in [-0.05, 0) is 19.1 Å². The van der Waals surface area contributed by atoms with Crippen LogP contribution in [0.25, 0.3) is 0 Å². The number of aryl methyl sites for hydroxylation is 1. The van der Waals surface area contributed by atoms with E-state index in [4.69, 9.17) is 9.47 Å². The fraction of sp³-hybridized carbons (Fsp3) is 0.400. The summed E-state index contributed by atoms with van der Waals surface area (Å²) < 4.78 is 24.5. The zero-order valence-electron chi connectivity index (χ0n) is 12.6. The maximum absolute atomic E-state index is 13.3. The summed E-state index contributed by atoms with van der Waals surface area (Å²) >= 11 is 0. The minimum Gasteiger partial charge on any atom is -0.488 e. The number of carbonyl (C=O) groups excluding carboxylic acids is 1. The van der Waals surface area contributed by atoms with Gasteiger partial charge in [-0.2, -0.15) is 15.4 Å². The third-order valence-electron chi connectivity index (χ3n) is 3.63. The SMILES string of the molecule is Cc1n[nH]nc1C(=O)NC1COCCC1Oc1cccc(F)c1. The predicted molar refractivity (Wildman–Crippen MR) is 78.6 cm³/mol. The number of H-pyrrole nitrogens is 1. The van der Waals surface area contributed by atoms with Crippen molar-refractivity contribution in [3.05, 3.63) is 41.5 Å². The number of amides is 1. The molecule has 2 aromatic rings. The first-order valence-corrected chi connectivity index (χ1v) is 7.31. The molecule has 1 saturated heterocycles. The van der Waals surface area contributed by atoms with Crippen molar-refractivity contribution in [1.82, 2.24) is 20.7 Å². The minimum atomic E-state index is -0.367. The van der Waals surface area contributed by atoms with E-state index >= 15 is 0 Å². The fourth-order valence-electron chi connectivity index (χ4n) is 2.44. The molecule has 7 nitrogen and oxygen atoms in total. The number of hydrogen-bond acceptors (Lipinski definition) is 5. The average Bonchev–Trinajstić information content (AvgIpc) is 2.95. The van der Waals surface area contributed by atoms with Gasteiger partial charge in [0.25, 0.3) is 5.91 Å². The molecule has 1 aromatic heterocycles. The van der Waals surface area contributed by atoms with Crippen LogP contribution in [0.2, 0.25) is 0 Å². The van der Waals surface area contributed by atoms with Gasteiger partial charge in [-0.25, -0.2) is 4.39 Å². The van der Waals surface area contributed by atoms with Gasteiger partial charge >= 0.3 is 0 Å². The zero-order chi connectivity index (χ0) is 16.2. The number of aromatic amines is 1. The molecule has 1 fully saturated rings. The van der Waals surface area contributed by atoms with E-state index in [-0.39, 0.29) is 29.6 Å². The molecule has 0 aliphatic carbocycles. The van der Waals surface area contributed by atoms with Gasteiger partial charge in [-0.3, -0.25) is 4.79 Å². The zero-order valence-corrected chi connectivity index (χ0v) is 12.6. The Morgan fingerprint density at radius 3 is 3.09 bits per heavy atom. The fourth-order valence-corrected chi connectivity index (χ4v) is 2.44. The van der Waals surface area contributed by atoms with Crippen LogP contribution >= 0.6 is 0 Å². The molecule has 0 bridgehead atoms. The molecular formula is C15H17FN4O3.